The molecule has 1 atom stereocenters. The van der Waals surface area contributed by atoms with Gasteiger partial charge in [-0.1, -0.05) is 40.2 Å². The molecule has 8 heteroatoms. The number of benzene rings is 3. The Kier molecular flexibility index (Phi) is 5.66. The van der Waals surface area contributed by atoms with E-state index in [0.717, 1.165) is 6.07 Å². The first-order valence-electron chi connectivity index (χ1n) is 9.58. The summed E-state index contributed by atoms with van der Waals surface area (Å²) in [6.45, 7) is 2.25. The summed E-state index contributed by atoms with van der Waals surface area (Å²) in [5, 5.41) is 3.13. The summed E-state index contributed by atoms with van der Waals surface area (Å²) in [4.78, 5) is 14.9. The molecule has 0 saturated carbocycles. The van der Waals surface area contributed by atoms with Crippen LogP contribution in [0.2, 0.25) is 0 Å². The average Bonchev–Trinajstić information content (AvgIpc) is 2.74. The van der Waals surface area contributed by atoms with Gasteiger partial charge in [-0.2, -0.15) is 13.2 Å². The number of fused-ring (bicyclic) bond motifs is 1. The van der Waals surface area contributed by atoms with E-state index in [2.05, 4.69) is 21.2 Å². The van der Waals surface area contributed by atoms with Crippen molar-refractivity contribution in [1.29, 1.82) is 0 Å². The Balaban J connectivity index is 1.91. The van der Waals surface area contributed by atoms with Gasteiger partial charge in [-0.15, -0.1) is 0 Å². The van der Waals surface area contributed by atoms with Crippen molar-refractivity contribution in [1.82, 2.24) is 0 Å². The van der Waals surface area contributed by atoms with Crippen molar-refractivity contribution in [2.75, 3.05) is 16.8 Å². The topological polar surface area (TPSA) is 41.6 Å². The summed E-state index contributed by atoms with van der Waals surface area (Å²) in [7, 11) is 0. The van der Waals surface area contributed by atoms with Gasteiger partial charge in [0.1, 0.15) is 11.9 Å². The van der Waals surface area contributed by atoms with Crippen molar-refractivity contribution < 1.29 is 22.7 Å². The van der Waals surface area contributed by atoms with Crippen LogP contribution in [0.15, 0.2) is 71.2 Å². The van der Waals surface area contributed by atoms with E-state index < -0.39 is 23.8 Å². The second-order valence-corrected chi connectivity index (χ2v) is 7.84. The molecule has 4 nitrogen and oxygen atoms in total. The van der Waals surface area contributed by atoms with Crippen LogP contribution in [0.1, 0.15) is 34.6 Å². The molecule has 0 aliphatic carbocycles. The molecule has 0 spiro atoms. The van der Waals surface area contributed by atoms with Crippen molar-refractivity contribution >= 4 is 33.2 Å². The highest BCUT2D eigenvalue weighted by atomic mass is 79.9. The Bertz CT molecular complexity index is 1130. The largest absolute Gasteiger partial charge is 0.494 e. The molecule has 0 aromatic heterocycles. The quantitative estimate of drug-likeness (QED) is 0.445. The van der Waals surface area contributed by atoms with Crippen LogP contribution in [0.4, 0.5) is 24.5 Å². The molecule has 160 valence electrons. The van der Waals surface area contributed by atoms with Gasteiger partial charge >= 0.3 is 6.18 Å². The minimum atomic E-state index is -4.57. The zero-order valence-corrected chi connectivity index (χ0v) is 18.0. The van der Waals surface area contributed by atoms with Crippen LogP contribution in [0.3, 0.4) is 0 Å². The van der Waals surface area contributed by atoms with Gasteiger partial charge in [0.15, 0.2) is 0 Å². The Hall–Kier alpha value is -3.00. The SMILES string of the molecule is CCOc1cccc(N2C(=O)c3cc(Br)ccc3N[C@@H]2c2ccccc2C(F)(F)F)c1. The molecule has 0 radical (unpaired) electrons. The first-order chi connectivity index (χ1) is 14.8. The van der Waals surface area contributed by atoms with Gasteiger partial charge in [-0.25, -0.2) is 0 Å². The number of carbonyl (C=O) groups is 1. The number of carbonyl (C=O) groups excluding carboxylic acids is 1. The lowest BCUT2D eigenvalue weighted by Crippen LogP contribution is -2.44. The van der Waals surface area contributed by atoms with Crippen LogP contribution in [0.5, 0.6) is 5.75 Å². The summed E-state index contributed by atoms with van der Waals surface area (Å²) in [6.07, 6.45) is -5.63. The van der Waals surface area contributed by atoms with Gasteiger partial charge in [0.2, 0.25) is 0 Å². The fraction of sp³-hybridized carbons (Fsp3) is 0.174. The number of hydrogen-bond donors (Lipinski definition) is 1. The lowest BCUT2D eigenvalue weighted by molar-refractivity contribution is -0.138. The highest BCUT2D eigenvalue weighted by molar-refractivity contribution is 9.10. The van der Waals surface area contributed by atoms with Crippen LogP contribution in [-0.4, -0.2) is 12.5 Å². The molecule has 0 bridgehead atoms. The molecule has 1 amide bonds. The lowest BCUT2D eigenvalue weighted by Gasteiger charge is -2.39. The van der Waals surface area contributed by atoms with Crippen molar-refractivity contribution in [3.05, 3.63) is 87.9 Å². The minimum absolute atomic E-state index is 0.0428. The van der Waals surface area contributed by atoms with Gasteiger partial charge in [-0.3, -0.25) is 9.69 Å². The first-order valence-corrected chi connectivity index (χ1v) is 10.4. The number of hydrogen-bond acceptors (Lipinski definition) is 3. The number of ether oxygens (including phenoxy) is 1. The molecular formula is C23H18BrF3N2O2. The summed E-state index contributed by atoms with van der Waals surface area (Å²) < 4.78 is 47.6. The van der Waals surface area contributed by atoms with Crippen molar-refractivity contribution in [3.8, 4) is 5.75 Å². The van der Waals surface area contributed by atoms with Crippen LogP contribution >= 0.6 is 15.9 Å². The van der Waals surface area contributed by atoms with Crippen LogP contribution < -0.4 is 15.0 Å². The highest BCUT2D eigenvalue weighted by Crippen LogP contribution is 2.42. The Labute approximate surface area is 185 Å². The van der Waals surface area contributed by atoms with E-state index in [1.165, 1.54) is 23.1 Å². The molecule has 1 aliphatic heterocycles. The number of nitrogens with one attached hydrogen (secondary N) is 1. The van der Waals surface area contributed by atoms with Crippen molar-refractivity contribution in [2.24, 2.45) is 0 Å². The molecule has 1 aliphatic rings. The van der Waals surface area contributed by atoms with Crippen molar-refractivity contribution in [3.63, 3.8) is 0 Å². The number of anilines is 2. The van der Waals surface area contributed by atoms with E-state index in [0.29, 0.717) is 33.8 Å². The molecule has 0 saturated heterocycles. The number of rotatable bonds is 4. The van der Waals surface area contributed by atoms with Crippen LogP contribution in [0, 0.1) is 0 Å². The third-order valence-corrected chi connectivity index (χ3v) is 5.44. The predicted molar refractivity (Wildman–Crippen MR) is 116 cm³/mol. The van der Waals surface area contributed by atoms with E-state index in [1.807, 2.05) is 6.92 Å². The van der Waals surface area contributed by atoms with Gasteiger partial charge in [0.05, 0.1) is 23.4 Å². The molecule has 3 aromatic rings. The maximum absolute atomic E-state index is 13.8. The van der Waals surface area contributed by atoms with Crippen LogP contribution in [0.25, 0.3) is 0 Å². The number of alkyl halides is 3. The molecule has 3 aromatic carbocycles. The monoisotopic (exact) mass is 490 g/mol. The lowest BCUT2D eigenvalue weighted by atomic mass is 9.98. The van der Waals surface area contributed by atoms with E-state index >= 15 is 0 Å². The second kappa shape index (κ2) is 8.26. The first kappa shape index (κ1) is 21.2. The molecule has 1 heterocycles. The molecule has 1 N–H and O–H groups in total. The molecule has 0 fully saturated rings. The van der Waals surface area contributed by atoms with E-state index in [9.17, 15) is 18.0 Å². The zero-order chi connectivity index (χ0) is 22.2. The highest BCUT2D eigenvalue weighted by Gasteiger charge is 2.40. The predicted octanol–water partition coefficient (Wildman–Crippen LogP) is 6.64. The maximum atomic E-state index is 13.8. The molecule has 31 heavy (non-hydrogen) atoms. The molecule has 4 rings (SSSR count). The normalized spacial score (nSPS) is 16.0. The van der Waals surface area contributed by atoms with Crippen LogP contribution in [-0.2, 0) is 6.18 Å². The Morgan fingerprint density at radius 1 is 1.06 bits per heavy atom. The number of halogens is 4. The average molecular weight is 491 g/mol. The third-order valence-electron chi connectivity index (χ3n) is 4.95. The fourth-order valence-corrected chi connectivity index (χ4v) is 4.01. The summed E-state index contributed by atoms with van der Waals surface area (Å²) >= 11 is 3.36. The van der Waals surface area contributed by atoms with Gasteiger partial charge in [0.25, 0.3) is 5.91 Å². The van der Waals surface area contributed by atoms with E-state index in [4.69, 9.17) is 4.74 Å². The third kappa shape index (κ3) is 4.12. The van der Waals surface area contributed by atoms with Gasteiger partial charge < -0.3 is 10.1 Å². The van der Waals surface area contributed by atoms with Gasteiger partial charge in [0, 0.05) is 21.8 Å². The standard InChI is InChI=1S/C23H18BrF3N2O2/c1-2-31-16-7-5-6-15(13-16)29-21(17-8-3-4-9-19(17)23(25,26)27)28-20-11-10-14(24)12-18(20)22(29)30/h3-13,21,28H,2H2,1H3/t21-/m0/s1. The van der Waals surface area contributed by atoms with E-state index in [1.54, 1.807) is 42.5 Å². The summed E-state index contributed by atoms with van der Waals surface area (Å²) in [5.74, 6) is 0.112. The number of amides is 1. The number of nitrogens with zero attached hydrogens (tertiary/aromatic N) is 1. The second-order valence-electron chi connectivity index (χ2n) is 6.93. The van der Waals surface area contributed by atoms with E-state index in [-0.39, 0.29) is 5.56 Å². The molecular weight excluding hydrogens is 473 g/mol. The smallest absolute Gasteiger partial charge is 0.416 e. The summed E-state index contributed by atoms with van der Waals surface area (Å²) in [5.41, 5.74) is 0.408. The van der Waals surface area contributed by atoms with Crippen molar-refractivity contribution in [2.45, 2.75) is 19.3 Å². The fourth-order valence-electron chi connectivity index (χ4n) is 3.64. The Morgan fingerprint density at radius 2 is 1.84 bits per heavy atom. The molecule has 0 unspecified atom stereocenters. The Morgan fingerprint density at radius 3 is 2.58 bits per heavy atom. The zero-order valence-electron chi connectivity index (χ0n) is 16.4. The maximum Gasteiger partial charge on any atom is 0.416 e. The van der Waals surface area contributed by atoms with Gasteiger partial charge in [-0.05, 0) is 43.3 Å². The summed E-state index contributed by atoms with van der Waals surface area (Å²) in [6, 6.07) is 17.1. The minimum Gasteiger partial charge on any atom is -0.494 e.